The number of amides is 1. The van der Waals surface area contributed by atoms with E-state index in [0.29, 0.717) is 18.7 Å². The lowest BCUT2D eigenvalue weighted by Gasteiger charge is -2.28. The van der Waals surface area contributed by atoms with Gasteiger partial charge in [-0.15, -0.1) is 0 Å². The smallest absolute Gasteiger partial charge is 0.254 e. The van der Waals surface area contributed by atoms with Gasteiger partial charge >= 0.3 is 0 Å². The molecule has 0 aliphatic rings. The molecule has 0 radical (unpaired) electrons. The summed E-state index contributed by atoms with van der Waals surface area (Å²) in [7, 11) is 1.66. The van der Waals surface area contributed by atoms with E-state index in [4.69, 9.17) is 10.5 Å². The molecule has 0 spiro atoms. The van der Waals surface area contributed by atoms with Crippen LogP contribution in [0.3, 0.4) is 0 Å². The third-order valence-electron chi connectivity index (χ3n) is 4.26. The van der Waals surface area contributed by atoms with Crippen LogP contribution in [0.15, 0.2) is 48.5 Å². The summed E-state index contributed by atoms with van der Waals surface area (Å²) in [5.41, 5.74) is 8.53. The highest BCUT2D eigenvalue weighted by atomic mass is 16.5. The van der Waals surface area contributed by atoms with Crippen LogP contribution in [0.5, 0.6) is 5.75 Å². The highest BCUT2D eigenvalue weighted by molar-refractivity contribution is 5.94. The molecule has 0 aliphatic heterocycles. The van der Waals surface area contributed by atoms with Crippen LogP contribution in [0, 0.1) is 0 Å². The lowest BCUT2D eigenvalue weighted by molar-refractivity contribution is 0.0703. The monoisotopic (exact) mass is 326 g/mol. The fourth-order valence-electron chi connectivity index (χ4n) is 2.82. The predicted molar refractivity (Wildman–Crippen MR) is 97.2 cm³/mol. The first-order valence-corrected chi connectivity index (χ1v) is 8.32. The first kappa shape index (κ1) is 18.0. The van der Waals surface area contributed by atoms with Crippen molar-refractivity contribution in [2.24, 2.45) is 5.73 Å². The van der Waals surface area contributed by atoms with Crippen molar-refractivity contribution in [1.29, 1.82) is 0 Å². The third-order valence-corrected chi connectivity index (χ3v) is 4.26. The molecule has 0 aromatic heterocycles. The Morgan fingerprint density at radius 1 is 1.08 bits per heavy atom. The van der Waals surface area contributed by atoms with Crippen LogP contribution in [0.25, 0.3) is 0 Å². The minimum Gasteiger partial charge on any atom is -0.497 e. The van der Waals surface area contributed by atoms with Crippen molar-refractivity contribution >= 4 is 5.91 Å². The van der Waals surface area contributed by atoms with Crippen molar-refractivity contribution in [2.75, 3.05) is 13.7 Å². The van der Waals surface area contributed by atoms with Gasteiger partial charge in [0.15, 0.2) is 0 Å². The number of carbonyl (C=O) groups excluding carboxylic acids is 1. The zero-order valence-corrected chi connectivity index (χ0v) is 14.7. The van der Waals surface area contributed by atoms with Gasteiger partial charge in [-0.25, -0.2) is 0 Å². The Bertz CT molecular complexity index is 650. The number of nitrogens with two attached hydrogens (primary N) is 1. The Morgan fingerprint density at radius 2 is 1.67 bits per heavy atom. The molecule has 1 amide bonds. The summed E-state index contributed by atoms with van der Waals surface area (Å²) in [5.74, 6) is 0.900. The Kier molecular flexibility index (Phi) is 6.38. The van der Waals surface area contributed by atoms with Crippen molar-refractivity contribution in [1.82, 2.24) is 4.90 Å². The van der Waals surface area contributed by atoms with Crippen LogP contribution in [0.4, 0.5) is 0 Å². The first-order valence-electron chi connectivity index (χ1n) is 8.32. The highest BCUT2D eigenvalue weighted by Gasteiger charge is 2.20. The Hall–Kier alpha value is -2.33. The van der Waals surface area contributed by atoms with Gasteiger partial charge in [-0.1, -0.05) is 24.3 Å². The van der Waals surface area contributed by atoms with Crippen LogP contribution >= 0.6 is 0 Å². The van der Waals surface area contributed by atoms with Crippen LogP contribution in [0.1, 0.15) is 35.3 Å². The zero-order valence-electron chi connectivity index (χ0n) is 14.7. The van der Waals surface area contributed by atoms with Crippen LogP contribution < -0.4 is 10.5 Å². The molecule has 2 N–H and O–H groups in total. The molecule has 2 aromatic rings. The summed E-state index contributed by atoms with van der Waals surface area (Å²) in [5, 5.41) is 0. The Balaban J connectivity index is 2.08. The fraction of sp³-hybridized carbons (Fsp3) is 0.350. The van der Waals surface area contributed by atoms with Crippen molar-refractivity contribution in [3.8, 4) is 5.75 Å². The number of methoxy groups -OCH3 is 1. The first-order chi connectivity index (χ1) is 11.6. The molecule has 0 saturated heterocycles. The van der Waals surface area contributed by atoms with Crippen molar-refractivity contribution in [3.05, 3.63) is 65.2 Å². The average Bonchev–Trinajstić information content (AvgIpc) is 2.63. The molecule has 4 nitrogen and oxygen atoms in total. The maximum atomic E-state index is 12.8. The molecule has 24 heavy (non-hydrogen) atoms. The molecule has 4 heteroatoms. The van der Waals surface area contributed by atoms with Gasteiger partial charge in [0.2, 0.25) is 0 Å². The SMILES string of the molecule is CCN(C(=O)c1ccc(CN)cc1)C(C)Cc1ccc(OC)cc1. The van der Waals surface area contributed by atoms with Gasteiger partial charge in [0.1, 0.15) is 5.75 Å². The van der Waals surface area contributed by atoms with E-state index in [9.17, 15) is 4.79 Å². The Morgan fingerprint density at radius 3 is 2.17 bits per heavy atom. The molecule has 2 rings (SSSR count). The molecule has 1 unspecified atom stereocenters. The summed E-state index contributed by atoms with van der Waals surface area (Å²) < 4.78 is 5.18. The maximum absolute atomic E-state index is 12.8. The lowest BCUT2D eigenvalue weighted by Crippen LogP contribution is -2.39. The molecule has 0 saturated carbocycles. The standard InChI is InChI=1S/C20H26N2O2/c1-4-22(20(23)18-9-5-17(14-21)6-10-18)15(2)13-16-7-11-19(24-3)12-8-16/h5-12,15H,4,13-14,21H2,1-3H3. The largest absolute Gasteiger partial charge is 0.497 e. The van der Waals surface area contributed by atoms with Crippen molar-refractivity contribution < 1.29 is 9.53 Å². The van der Waals surface area contributed by atoms with Crippen LogP contribution in [-0.2, 0) is 13.0 Å². The second kappa shape index (κ2) is 8.50. The number of nitrogens with zero attached hydrogens (tertiary/aromatic N) is 1. The molecule has 0 bridgehead atoms. The summed E-state index contributed by atoms with van der Waals surface area (Å²) in [6.07, 6.45) is 0.810. The maximum Gasteiger partial charge on any atom is 0.254 e. The number of hydrogen-bond acceptors (Lipinski definition) is 3. The molecular formula is C20H26N2O2. The number of rotatable bonds is 7. The Labute approximate surface area is 144 Å². The molecular weight excluding hydrogens is 300 g/mol. The summed E-state index contributed by atoms with van der Waals surface area (Å²) in [6.45, 7) is 5.26. The van der Waals surface area contributed by atoms with E-state index in [1.807, 2.05) is 60.4 Å². The number of ether oxygens (including phenoxy) is 1. The number of hydrogen-bond donors (Lipinski definition) is 1. The van der Waals surface area contributed by atoms with Gasteiger partial charge < -0.3 is 15.4 Å². The number of likely N-dealkylation sites (N-methyl/N-ethyl adjacent to an activating group) is 1. The van der Waals surface area contributed by atoms with Gasteiger partial charge in [0, 0.05) is 24.7 Å². The van der Waals surface area contributed by atoms with Crippen molar-refractivity contribution in [3.63, 3.8) is 0 Å². The van der Waals surface area contributed by atoms with E-state index >= 15 is 0 Å². The molecule has 0 fully saturated rings. The van der Waals surface area contributed by atoms with E-state index < -0.39 is 0 Å². The van der Waals surface area contributed by atoms with E-state index in [1.165, 1.54) is 5.56 Å². The second-order valence-corrected chi connectivity index (χ2v) is 5.89. The van der Waals surface area contributed by atoms with Crippen LogP contribution in [-0.4, -0.2) is 30.5 Å². The van der Waals surface area contributed by atoms with Gasteiger partial charge in [0.05, 0.1) is 7.11 Å². The van der Waals surface area contributed by atoms with E-state index in [2.05, 4.69) is 6.92 Å². The minimum absolute atomic E-state index is 0.0575. The lowest BCUT2D eigenvalue weighted by atomic mass is 10.0. The van der Waals surface area contributed by atoms with Gasteiger partial charge in [-0.05, 0) is 55.7 Å². The minimum atomic E-state index is 0.0575. The topological polar surface area (TPSA) is 55.6 Å². The van der Waals surface area contributed by atoms with E-state index in [1.54, 1.807) is 7.11 Å². The number of benzene rings is 2. The quantitative estimate of drug-likeness (QED) is 0.850. The van der Waals surface area contributed by atoms with E-state index in [-0.39, 0.29) is 11.9 Å². The zero-order chi connectivity index (χ0) is 17.5. The van der Waals surface area contributed by atoms with Gasteiger partial charge in [0.25, 0.3) is 5.91 Å². The second-order valence-electron chi connectivity index (χ2n) is 5.89. The summed E-state index contributed by atoms with van der Waals surface area (Å²) in [4.78, 5) is 14.7. The number of carbonyl (C=O) groups is 1. The predicted octanol–water partition coefficient (Wildman–Crippen LogP) is 3.25. The third kappa shape index (κ3) is 4.36. The van der Waals surface area contributed by atoms with E-state index in [0.717, 1.165) is 17.7 Å². The summed E-state index contributed by atoms with van der Waals surface area (Å²) in [6, 6.07) is 15.6. The normalized spacial score (nSPS) is 11.8. The molecule has 128 valence electrons. The molecule has 2 aromatic carbocycles. The molecule has 0 heterocycles. The summed E-state index contributed by atoms with van der Waals surface area (Å²) >= 11 is 0. The average molecular weight is 326 g/mol. The molecule has 0 aliphatic carbocycles. The fourth-order valence-corrected chi connectivity index (χ4v) is 2.82. The van der Waals surface area contributed by atoms with Crippen LogP contribution in [0.2, 0.25) is 0 Å². The van der Waals surface area contributed by atoms with Crippen molar-refractivity contribution in [2.45, 2.75) is 32.9 Å². The van der Waals surface area contributed by atoms with Gasteiger partial charge in [-0.3, -0.25) is 4.79 Å². The molecule has 1 atom stereocenters. The highest BCUT2D eigenvalue weighted by Crippen LogP contribution is 2.16. The van der Waals surface area contributed by atoms with Gasteiger partial charge in [-0.2, -0.15) is 0 Å².